The molecule has 2 N–H and O–H groups in total. The van der Waals surface area contributed by atoms with Gasteiger partial charge in [0.15, 0.2) is 0 Å². The summed E-state index contributed by atoms with van der Waals surface area (Å²) in [6, 6.07) is 21.6. The van der Waals surface area contributed by atoms with Crippen molar-refractivity contribution in [3.8, 4) is 11.1 Å². The van der Waals surface area contributed by atoms with Crippen LogP contribution in [0.2, 0.25) is 0 Å². The summed E-state index contributed by atoms with van der Waals surface area (Å²) < 4.78 is 5.53. The summed E-state index contributed by atoms with van der Waals surface area (Å²) >= 11 is 0. The lowest BCUT2D eigenvalue weighted by Crippen LogP contribution is -2.26. The largest absolute Gasteiger partial charge is 0.449 e. The first-order chi connectivity index (χ1) is 16.1. The predicted octanol–water partition coefficient (Wildman–Crippen LogP) is 4.76. The van der Waals surface area contributed by atoms with Gasteiger partial charge in [-0.3, -0.25) is 9.59 Å². The van der Waals surface area contributed by atoms with Gasteiger partial charge in [-0.1, -0.05) is 72.8 Å². The van der Waals surface area contributed by atoms with E-state index in [1.54, 1.807) is 12.1 Å². The molecule has 6 heteroatoms. The van der Waals surface area contributed by atoms with Crippen molar-refractivity contribution in [2.24, 2.45) is 0 Å². The van der Waals surface area contributed by atoms with Gasteiger partial charge in [0, 0.05) is 12.5 Å². The highest BCUT2D eigenvalue weighted by molar-refractivity contribution is 6.52. The number of ether oxygens (including phenoxy) is 1. The number of Topliss-reactive ketones (excluding diaryl/α,β-unsaturated/α-hetero) is 1. The van der Waals surface area contributed by atoms with Gasteiger partial charge in [0.25, 0.3) is 11.7 Å². The number of hydrogen-bond acceptors (Lipinski definition) is 4. The van der Waals surface area contributed by atoms with Crippen molar-refractivity contribution in [3.05, 3.63) is 95.1 Å². The number of carbonyl (C=O) groups excluding carboxylic acids is 3. The Morgan fingerprint density at radius 3 is 2.30 bits per heavy atom. The Balaban J connectivity index is 1.13. The number of anilines is 1. The van der Waals surface area contributed by atoms with Gasteiger partial charge in [0.05, 0.1) is 11.3 Å². The Labute approximate surface area is 191 Å². The first-order valence-corrected chi connectivity index (χ1v) is 10.9. The molecule has 3 aromatic carbocycles. The molecule has 1 heterocycles. The number of fused-ring (bicyclic) bond motifs is 4. The van der Waals surface area contributed by atoms with E-state index in [1.165, 1.54) is 22.3 Å². The van der Waals surface area contributed by atoms with Crippen molar-refractivity contribution in [3.63, 3.8) is 0 Å². The van der Waals surface area contributed by atoms with Crippen LogP contribution < -0.4 is 10.6 Å². The predicted molar refractivity (Wildman–Crippen MR) is 126 cm³/mol. The van der Waals surface area contributed by atoms with E-state index < -0.39 is 17.8 Å². The number of para-hydroxylation sites is 1. The Morgan fingerprint density at radius 1 is 0.909 bits per heavy atom. The fourth-order valence-corrected chi connectivity index (χ4v) is 4.45. The second kappa shape index (κ2) is 8.74. The lowest BCUT2D eigenvalue weighted by molar-refractivity contribution is -0.112. The molecule has 1 aliphatic heterocycles. The highest BCUT2D eigenvalue weighted by atomic mass is 16.5. The van der Waals surface area contributed by atoms with E-state index in [0.29, 0.717) is 24.2 Å². The lowest BCUT2D eigenvalue weighted by Gasteiger charge is -2.14. The van der Waals surface area contributed by atoms with E-state index in [2.05, 4.69) is 34.9 Å². The fraction of sp³-hybridized carbons (Fsp3) is 0.148. The second-order valence-electron chi connectivity index (χ2n) is 8.00. The van der Waals surface area contributed by atoms with Gasteiger partial charge in [-0.25, -0.2) is 4.79 Å². The molecule has 164 valence electrons. The average molecular weight is 438 g/mol. The molecule has 0 atom stereocenters. The van der Waals surface area contributed by atoms with Gasteiger partial charge >= 0.3 is 6.09 Å². The van der Waals surface area contributed by atoms with Gasteiger partial charge in [0.1, 0.15) is 6.61 Å². The van der Waals surface area contributed by atoms with E-state index in [4.69, 9.17) is 4.74 Å². The highest BCUT2D eigenvalue weighted by Crippen LogP contribution is 2.44. The summed E-state index contributed by atoms with van der Waals surface area (Å²) in [6.45, 7) is 0.688. The van der Waals surface area contributed by atoms with Gasteiger partial charge in [-0.2, -0.15) is 0 Å². The van der Waals surface area contributed by atoms with E-state index in [-0.39, 0.29) is 12.5 Å². The van der Waals surface area contributed by atoms with E-state index >= 15 is 0 Å². The Morgan fingerprint density at radius 2 is 1.58 bits per heavy atom. The van der Waals surface area contributed by atoms with E-state index in [1.807, 2.05) is 42.5 Å². The maximum Gasteiger partial charge on any atom is 0.407 e. The van der Waals surface area contributed by atoms with Crippen LogP contribution in [0, 0.1) is 0 Å². The van der Waals surface area contributed by atoms with Crippen molar-refractivity contribution < 1.29 is 19.1 Å². The molecule has 0 bridgehead atoms. The summed E-state index contributed by atoms with van der Waals surface area (Å²) in [5.74, 6) is -1.10. The quantitative estimate of drug-likeness (QED) is 0.429. The van der Waals surface area contributed by atoms with Gasteiger partial charge in [-0.05, 0) is 40.3 Å². The number of carbonyl (C=O) groups is 3. The molecule has 2 aliphatic rings. The van der Waals surface area contributed by atoms with Gasteiger partial charge in [0.2, 0.25) is 0 Å². The molecule has 3 aromatic rings. The molecule has 0 aromatic heterocycles. The van der Waals surface area contributed by atoms with Crippen molar-refractivity contribution in [1.82, 2.24) is 5.32 Å². The fourth-order valence-electron chi connectivity index (χ4n) is 4.45. The average Bonchev–Trinajstić information content (AvgIpc) is 3.32. The maximum absolute atomic E-state index is 12.2. The molecule has 33 heavy (non-hydrogen) atoms. The van der Waals surface area contributed by atoms with Crippen molar-refractivity contribution in [1.29, 1.82) is 0 Å². The normalized spacial score (nSPS) is 14.1. The molecule has 1 aliphatic carbocycles. The SMILES string of the molecule is O=C(NCCC=Cc1cccc2c1NC(=O)C2=O)OCC1c2ccccc2-c2ccccc21. The minimum absolute atomic E-state index is 0.0288. The standard InChI is InChI=1S/C27H22N2O4/c30-25-22-14-7-9-17(24(22)29-26(25)31)8-5-6-15-28-27(32)33-16-23-20-12-3-1-10-18(20)19-11-2-4-13-21(19)23/h1-5,7-14,23H,6,15-16H2,(H,28,32)(H,29,30,31). The second-order valence-corrected chi connectivity index (χ2v) is 8.00. The van der Waals surface area contributed by atoms with Crippen molar-refractivity contribution in [2.45, 2.75) is 12.3 Å². The maximum atomic E-state index is 12.2. The van der Waals surface area contributed by atoms with E-state index in [0.717, 1.165) is 5.56 Å². The van der Waals surface area contributed by atoms with Crippen LogP contribution in [0.5, 0.6) is 0 Å². The summed E-state index contributed by atoms with van der Waals surface area (Å²) in [6.07, 6.45) is 3.84. The third kappa shape index (κ3) is 3.91. The first-order valence-electron chi connectivity index (χ1n) is 10.9. The molecule has 0 unspecified atom stereocenters. The molecule has 6 nitrogen and oxygen atoms in total. The topological polar surface area (TPSA) is 84.5 Å². The number of alkyl carbamates (subject to hydrolysis) is 1. The molecule has 5 rings (SSSR count). The summed E-state index contributed by atoms with van der Waals surface area (Å²) in [5.41, 5.74) is 6.42. The van der Waals surface area contributed by atoms with Crippen molar-refractivity contribution in [2.75, 3.05) is 18.5 Å². The van der Waals surface area contributed by atoms with Crippen molar-refractivity contribution >= 4 is 29.5 Å². The Bertz CT molecular complexity index is 1250. The highest BCUT2D eigenvalue weighted by Gasteiger charge is 2.30. The molecular weight excluding hydrogens is 416 g/mol. The molecule has 0 saturated carbocycles. The summed E-state index contributed by atoms with van der Waals surface area (Å²) in [5, 5.41) is 5.37. The van der Waals surface area contributed by atoms with Crippen LogP contribution >= 0.6 is 0 Å². The first kappa shape index (κ1) is 20.7. The number of hydrogen-bond donors (Lipinski definition) is 2. The monoisotopic (exact) mass is 438 g/mol. The summed E-state index contributed by atoms with van der Waals surface area (Å²) in [4.78, 5) is 35.6. The van der Waals surface area contributed by atoms with Crippen LogP contribution in [0.3, 0.4) is 0 Å². The van der Waals surface area contributed by atoms with Crippen LogP contribution in [0.1, 0.15) is 39.4 Å². The van der Waals surface area contributed by atoms with E-state index in [9.17, 15) is 14.4 Å². The zero-order valence-electron chi connectivity index (χ0n) is 17.8. The summed E-state index contributed by atoms with van der Waals surface area (Å²) in [7, 11) is 0. The molecule has 0 radical (unpaired) electrons. The van der Waals surface area contributed by atoms with Crippen LogP contribution in [-0.2, 0) is 9.53 Å². The van der Waals surface area contributed by atoms with Gasteiger partial charge < -0.3 is 15.4 Å². The number of ketones is 1. The number of rotatable bonds is 6. The Hall–Kier alpha value is -4.19. The van der Waals surface area contributed by atoms with Crippen LogP contribution in [0.4, 0.5) is 10.5 Å². The number of benzene rings is 3. The smallest absolute Gasteiger partial charge is 0.407 e. The molecule has 0 fully saturated rings. The minimum atomic E-state index is -0.609. The minimum Gasteiger partial charge on any atom is -0.449 e. The zero-order valence-corrected chi connectivity index (χ0v) is 17.8. The van der Waals surface area contributed by atoms with Crippen LogP contribution in [0.15, 0.2) is 72.8 Å². The third-order valence-electron chi connectivity index (χ3n) is 6.01. The van der Waals surface area contributed by atoms with Gasteiger partial charge in [-0.15, -0.1) is 0 Å². The molecule has 0 saturated heterocycles. The third-order valence-corrected chi connectivity index (χ3v) is 6.01. The molecular formula is C27H22N2O4. The zero-order chi connectivity index (χ0) is 22.8. The number of amides is 2. The Kier molecular flexibility index (Phi) is 5.48. The van der Waals surface area contributed by atoms with Crippen LogP contribution in [-0.4, -0.2) is 30.9 Å². The number of nitrogens with one attached hydrogen (secondary N) is 2. The van der Waals surface area contributed by atoms with Crippen LogP contribution in [0.25, 0.3) is 17.2 Å². The lowest BCUT2D eigenvalue weighted by atomic mass is 9.98. The molecule has 2 amide bonds. The molecule has 0 spiro atoms.